The van der Waals surface area contributed by atoms with Gasteiger partial charge in [-0.2, -0.15) is 0 Å². The summed E-state index contributed by atoms with van der Waals surface area (Å²) in [6.45, 7) is 3.44. The molecule has 1 aromatic rings. The molecule has 1 aliphatic rings. The maximum absolute atomic E-state index is 13.5. The minimum Gasteiger partial charge on any atom is -0.378 e. The Morgan fingerprint density at radius 3 is 3.06 bits per heavy atom. The van der Waals surface area contributed by atoms with Crippen LogP contribution >= 0.6 is 15.9 Å². The van der Waals surface area contributed by atoms with Gasteiger partial charge in [-0.15, -0.1) is 0 Å². The summed E-state index contributed by atoms with van der Waals surface area (Å²) in [6, 6.07) is 5.40. The second-order valence-corrected chi connectivity index (χ2v) is 5.15. The zero-order chi connectivity index (χ0) is 12.3. The van der Waals surface area contributed by atoms with Crippen molar-refractivity contribution >= 4 is 22.0 Å². The Bertz CT molecular complexity index is 422. The molecule has 0 aromatic heterocycles. The van der Waals surface area contributed by atoms with E-state index in [1.807, 2.05) is 6.08 Å². The third kappa shape index (κ3) is 3.63. The summed E-state index contributed by atoms with van der Waals surface area (Å²) < 4.78 is 19.8. The third-order valence-electron chi connectivity index (χ3n) is 2.63. The van der Waals surface area contributed by atoms with Crippen molar-refractivity contribution in [3.63, 3.8) is 0 Å². The number of halogens is 2. The van der Waals surface area contributed by atoms with Crippen LogP contribution in [0.5, 0.6) is 0 Å². The van der Waals surface area contributed by atoms with E-state index in [9.17, 15) is 4.39 Å². The standard InChI is InChI=1S/C13H15BrFNO/c1-9-7-17-8-12(16-9)4-2-10-6-11(14)3-5-13(10)15/h2-6,9,12,16H,7-8H2,1H3/b4-2+. The van der Waals surface area contributed by atoms with Crippen LogP contribution in [0.4, 0.5) is 4.39 Å². The molecule has 1 fully saturated rings. The molecule has 0 aliphatic carbocycles. The first-order valence-corrected chi connectivity index (χ1v) is 6.41. The predicted octanol–water partition coefficient (Wildman–Crippen LogP) is 2.98. The molecule has 1 aromatic carbocycles. The second-order valence-electron chi connectivity index (χ2n) is 4.24. The van der Waals surface area contributed by atoms with Crippen molar-refractivity contribution in [3.05, 3.63) is 40.1 Å². The van der Waals surface area contributed by atoms with Gasteiger partial charge in [-0.05, 0) is 25.1 Å². The van der Waals surface area contributed by atoms with Gasteiger partial charge in [-0.3, -0.25) is 0 Å². The molecule has 2 atom stereocenters. The Morgan fingerprint density at radius 1 is 1.47 bits per heavy atom. The lowest BCUT2D eigenvalue weighted by molar-refractivity contribution is 0.0637. The van der Waals surface area contributed by atoms with Crippen LogP contribution in [0, 0.1) is 5.82 Å². The van der Waals surface area contributed by atoms with Crippen molar-refractivity contribution in [1.82, 2.24) is 5.32 Å². The van der Waals surface area contributed by atoms with E-state index in [2.05, 4.69) is 28.2 Å². The normalized spacial score (nSPS) is 25.4. The number of benzene rings is 1. The number of morpholine rings is 1. The van der Waals surface area contributed by atoms with Gasteiger partial charge >= 0.3 is 0 Å². The van der Waals surface area contributed by atoms with Crippen molar-refractivity contribution < 1.29 is 9.13 Å². The maximum atomic E-state index is 13.5. The van der Waals surface area contributed by atoms with E-state index in [-0.39, 0.29) is 11.9 Å². The highest BCUT2D eigenvalue weighted by Gasteiger charge is 2.15. The van der Waals surface area contributed by atoms with E-state index < -0.39 is 0 Å². The molecule has 1 N–H and O–H groups in total. The average molecular weight is 300 g/mol. The molecule has 0 bridgehead atoms. The molecule has 4 heteroatoms. The lowest BCUT2D eigenvalue weighted by atomic mass is 10.1. The predicted molar refractivity (Wildman–Crippen MR) is 70.3 cm³/mol. The van der Waals surface area contributed by atoms with Gasteiger partial charge in [0.15, 0.2) is 0 Å². The number of hydrogen-bond acceptors (Lipinski definition) is 2. The summed E-state index contributed by atoms with van der Waals surface area (Å²) in [5, 5.41) is 3.37. The van der Waals surface area contributed by atoms with E-state index in [4.69, 9.17) is 4.74 Å². The topological polar surface area (TPSA) is 21.3 Å². The van der Waals surface area contributed by atoms with Crippen LogP contribution in [0.15, 0.2) is 28.7 Å². The van der Waals surface area contributed by atoms with E-state index in [1.165, 1.54) is 6.07 Å². The fraction of sp³-hybridized carbons (Fsp3) is 0.385. The highest BCUT2D eigenvalue weighted by molar-refractivity contribution is 9.10. The molecule has 0 saturated carbocycles. The molecule has 17 heavy (non-hydrogen) atoms. The molecule has 1 aliphatic heterocycles. The largest absolute Gasteiger partial charge is 0.378 e. The highest BCUT2D eigenvalue weighted by Crippen LogP contribution is 2.17. The quantitative estimate of drug-likeness (QED) is 0.906. The van der Waals surface area contributed by atoms with Crippen LogP contribution in [-0.4, -0.2) is 25.3 Å². The lowest BCUT2D eigenvalue weighted by Crippen LogP contribution is -2.46. The Labute approximate surface area is 109 Å². The maximum Gasteiger partial charge on any atom is 0.130 e. The first kappa shape index (κ1) is 12.7. The van der Waals surface area contributed by atoms with Gasteiger partial charge in [0.1, 0.15) is 5.82 Å². The summed E-state index contributed by atoms with van der Waals surface area (Å²) in [4.78, 5) is 0. The van der Waals surface area contributed by atoms with Gasteiger partial charge in [0.25, 0.3) is 0 Å². The van der Waals surface area contributed by atoms with E-state index in [0.29, 0.717) is 18.2 Å². The number of ether oxygens (including phenoxy) is 1. The van der Waals surface area contributed by atoms with E-state index >= 15 is 0 Å². The third-order valence-corrected chi connectivity index (χ3v) is 3.12. The Balaban J connectivity index is 2.06. The second kappa shape index (κ2) is 5.76. The fourth-order valence-corrected chi connectivity index (χ4v) is 2.19. The number of hydrogen-bond donors (Lipinski definition) is 1. The number of rotatable bonds is 2. The molecule has 2 rings (SSSR count). The van der Waals surface area contributed by atoms with Gasteiger partial charge < -0.3 is 10.1 Å². The summed E-state index contributed by atoms with van der Waals surface area (Å²) in [5.74, 6) is -0.214. The van der Waals surface area contributed by atoms with Crippen LogP contribution in [-0.2, 0) is 4.74 Å². The molecule has 2 nitrogen and oxygen atoms in total. The lowest BCUT2D eigenvalue weighted by Gasteiger charge is -2.26. The van der Waals surface area contributed by atoms with Gasteiger partial charge in [-0.25, -0.2) is 4.39 Å². The average Bonchev–Trinajstić information content (AvgIpc) is 2.30. The van der Waals surface area contributed by atoms with E-state index in [1.54, 1.807) is 18.2 Å². The van der Waals surface area contributed by atoms with Gasteiger partial charge in [0, 0.05) is 22.1 Å². The SMILES string of the molecule is CC1COCC(/C=C/c2cc(Br)ccc2F)N1. The molecule has 92 valence electrons. The molecule has 0 amide bonds. The first-order valence-electron chi connectivity index (χ1n) is 5.62. The minimum absolute atomic E-state index is 0.150. The summed E-state index contributed by atoms with van der Waals surface area (Å²) >= 11 is 3.33. The molecule has 1 saturated heterocycles. The summed E-state index contributed by atoms with van der Waals surface area (Å²) in [6.07, 6.45) is 3.74. The zero-order valence-electron chi connectivity index (χ0n) is 9.62. The van der Waals surface area contributed by atoms with Crippen LogP contribution in [0.1, 0.15) is 12.5 Å². The molecule has 1 heterocycles. The Hall–Kier alpha value is -0.710. The van der Waals surface area contributed by atoms with E-state index in [0.717, 1.165) is 11.1 Å². The van der Waals surface area contributed by atoms with Crippen LogP contribution in [0.25, 0.3) is 6.08 Å². The molecule has 0 radical (unpaired) electrons. The minimum atomic E-state index is -0.214. The molecular weight excluding hydrogens is 285 g/mol. The smallest absolute Gasteiger partial charge is 0.130 e. The summed E-state index contributed by atoms with van der Waals surface area (Å²) in [7, 11) is 0. The van der Waals surface area contributed by atoms with Crippen LogP contribution < -0.4 is 5.32 Å². The van der Waals surface area contributed by atoms with Crippen molar-refractivity contribution in [2.75, 3.05) is 13.2 Å². The van der Waals surface area contributed by atoms with Crippen LogP contribution in [0.3, 0.4) is 0 Å². The van der Waals surface area contributed by atoms with Gasteiger partial charge in [-0.1, -0.05) is 28.1 Å². The molecule has 2 unspecified atom stereocenters. The Kier molecular flexibility index (Phi) is 4.31. The first-order chi connectivity index (χ1) is 8.15. The highest BCUT2D eigenvalue weighted by atomic mass is 79.9. The zero-order valence-corrected chi connectivity index (χ0v) is 11.2. The Morgan fingerprint density at radius 2 is 2.29 bits per heavy atom. The monoisotopic (exact) mass is 299 g/mol. The molecular formula is C13H15BrFNO. The number of nitrogens with one attached hydrogen (secondary N) is 1. The van der Waals surface area contributed by atoms with Crippen LogP contribution in [0.2, 0.25) is 0 Å². The van der Waals surface area contributed by atoms with Gasteiger partial charge in [0.2, 0.25) is 0 Å². The van der Waals surface area contributed by atoms with Crippen molar-refractivity contribution in [3.8, 4) is 0 Å². The molecule has 0 spiro atoms. The van der Waals surface area contributed by atoms with Gasteiger partial charge in [0.05, 0.1) is 13.2 Å². The summed E-state index contributed by atoms with van der Waals surface area (Å²) in [5.41, 5.74) is 0.583. The van der Waals surface area contributed by atoms with Crippen molar-refractivity contribution in [2.45, 2.75) is 19.0 Å². The fourth-order valence-electron chi connectivity index (χ4n) is 1.81. The van der Waals surface area contributed by atoms with Crippen molar-refractivity contribution in [1.29, 1.82) is 0 Å². The van der Waals surface area contributed by atoms with Crippen molar-refractivity contribution in [2.24, 2.45) is 0 Å².